The van der Waals surface area contributed by atoms with Gasteiger partial charge in [-0.05, 0) is 25.3 Å². The van der Waals surface area contributed by atoms with Crippen molar-refractivity contribution in [1.29, 1.82) is 0 Å². The van der Waals surface area contributed by atoms with Crippen molar-refractivity contribution in [2.75, 3.05) is 6.61 Å². The fraction of sp³-hybridized carbons (Fsp3) is 0.533. The number of nitrogens with zero attached hydrogens (tertiary/aromatic N) is 2. The monoisotopic (exact) mass is 308 g/mol. The molecule has 0 aromatic carbocycles. The number of aromatic nitrogens is 2. The van der Waals surface area contributed by atoms with Gasteiger partial charge in [-0.25, -0.2) is 9.78 Å². The Bertz CT molecular complexity index is 690. The molecule has 2 heterocycles. The Balaban J connectivity index is 2.42. The minimum atomic E-state index is -0.606. The molecule has 1 unspecified atom stereocenters. The highest BCUT2D eigenvalue weighted by Crippen LogP contribution is 2.22. The fourth-order valence-corrected chi connectivity index (χ4v) is 3.08. The third-order valence-corrected chi connectivity index (χ3v) is 4.51. The number of carbonyl (C=O) groups is 1. The van der Waals surface area contributed by atoms with E-state index in [9.17, 15) is 9.59 Å². The van der Waals surface area contributed by atoms with E-state index in [1.54, 1.807) is 0 Å². The second kappa shape index (κ2) is 6.85. The molecule has 0 radical (unpaired) electrons. The number of carbonyl (C=O) groups excluding carboxylic acids is 1. The molecular weight excluding hydrogens is 288 g/mol. The molecule has 0 amide bonds. The molecule has 114 valence electrons. The number of hydrogen-bond donors (Lipinski definition) is 0. The fourth-order valence-electron chi connectivity index (χ4n) is 2.16. The van der Waals surface area contributed by atoms with Gasteiger partial charge in [-0.3, -0.25) is 9.36 Å². The van der Waals surface area contributed by atoms with Gasteiger partial charge < -0.3 is 4.74 Å². The average molecular weight is 308 g/mol. The Morgan fingerprint density at radius 1 is 1.43 bits per heavy atom. The van der Waals surface area contributed by atoms with E-state index >= 15 is 0 Å². The second-order valence-electron chi connectivity index (χ2n) is 4.83. The maximum atomic E-state index is 12.6. The summed E-state index contributed by atoms with van der Waals surface area (Å²) in [4.78, 5) is 30.8. The largest absolute Gasteiger partial charge is 0.464 e. The van der Waals surface area contributed by atoms with Crippen LogP contribution in [0, 0.1) is 0 Å². The minimum absolute atomic E-state index is 0.170. The van der Waals surface area contributed by atoms with Gasteiger partial charge in [0.15, 0.2) is 0 Å². The maximum Gasteiger partial charge on any atom is 0.329 e. The molecule has 0 N–H and O–H groups in total. The number of hydrogen-bond acceptors (Lipinski definition) is 5. The van der Waals surface area contributed by atoms with Gasteiger partial charge in [-0.15, -0.1) is 11.3 Å². The highest BCUT2D eigenvalue weighted by atomic mass is 32.1. The van der Waals surface area contributed by atoms with Gasteiger partial charge in [-0.2, -0.15) is 0 Å². The molecule has 6 heteroatoms. The second-order valence-corrected chi connectivity index (χ2v) is 5.95. The quantitative estimate of drug-likeness (QED) is 0.770. The number of esters is 1. The van der Waals surface area contributed by atoms with Crippen molar-refractivity contribution in [3.63, 3.8) is 0 Å². The lowest BCUT2D eigenvalue weighted by atomic mass is 10.2. The van der Waals surface area contributed by atoms with E-state index in [0.29, 0.717) is 18.4 Å². The van der Waals surface area contributed by atoms with Crippen LogP contribution in [0.25, 0.3) is 10.2 Å². The number of thiophene rings is 1. The summed E-state index contributed by atoms with van der Waals surface area (Å²) in [5, 5.41) is 0.584. The first-order chi connectivity index (χ1) is 10.1. The van der Waals surface area contributed by atoms with E-state index in [2.05, 4.69) is 4.98 Å². The van der Waals surface area contributed by atoms with Gasteiger partial charge in [0, 0.05) is 4.88 Å². The van der Waals surface area contributed by atoms with E-state index in [1.807, 2.05) is 26.8 Å². The van der Waals surface area contributed by atoms with E-state index in [0.717, 1.165) is 22.5 Å². The smallest absolute Gasteiger partial charge is 0.329 e. The third-order valence-electron chi connectivity index (χ3n) is 3.32. The van der Waals surface area contributed by atoms with E-state index in [1.165, 1.54) is 22.2 Å². The van der Waals surface area contributed by atoms with Crippen LogP contribution in [0.2, 0.25) is 0 Å². The zero-order valence-electron chi connectivity index (χ0n) is 12.6. The van der Waals surface area contributed by atoms with Crippen molar-refractivity contribution in [3.05, 3.63) is 27.6 Å². The Labute approximate surface area is 127 Å². The molecule has 0 fully saturated rings. The predicted octanol–water partition coefficient (Wildman–Crippen LogP) is 2.92. The van der Waals surface area contributed by atoms with Crippen LogP contribution < -0.4 is 5.56 Å². The molecular formula is C15H20N2O3S. The number of fused-ring (bicyclic) bond motifs is 1. The summed E-state index contributed by atoms with van der Waals surface area (Å²) in [6, 6.07) is 1.27. The molecule has 0 aliphatic rings. The molecule has 0 saturated carbocycles. The zero-order valence-corrected chi connectivity index (χ0v) is 13.4. The van der Waals surface area contributed by atoms with Crippen LogP contribution >= 0.6 is 11.3 Å². The van der Waals surface area contributed by atoms with E-state index in [4.69, 9.17) is 4.74 Å². The van der Waals surface area contributed by atoms with Gasteiger partial charge in [0.25, 0.3) is 5.56 Å². The first kappa shape index (κ1) is 15.7. The number of aryl methyl sites for hydroxylation is 1. The molecule has 2 rings (SSSR count). The summed E-state index contributed by atoms with van der Waals surface area (Å²) in [6.45, 7) is 6.21. The van der Waals surface area contributed by atoms with Crippen molar-refractivity contribution in [2.45, 2.75) is 46.1 Å². The van der Waals surface area contributed by atoms with Crippen LogP contribution in [0.5, 0.6) is 0 Å². The third kappa shape index (κ3) is 3.15. The molecule has 2 aromatic rings. The van der Waals surface area contributed by atoms with Crippen molar-refractivity contribution < 1.29 is 9.53 Å². The standard InChI is InChI=1S/C15H20N2O3S/c1-4-7-20-15(19)12(6-3)17-9-16-13-11(14(17)18)8-10(5-2)21-13/h8-9,12H,4-7H2,1-3H3. The number of ether oxygens (including phenoxy) is 1. The molecule has 0 aliphatic heterocycles. The Morgan fingerprint density at radius 3 is 2.81 bits per heavy atom. The molecule has 0 aliphatic carbocycles. The molecule has 0 bridgehead atoms. The van der Waals surface area contributed by atoms with Crippen LogP contribution in [0.4, 0.5) is 0 Å². The lowest BCUT2D eigenvalue weighted by molar-refractivity contribution is -0.147. The molecule has 0 spiro atoms. The van der Waals surface area contributed by atoms with Crippen LogP contribution in [-0.2, 0) is 16.0 Å². The zero-order chi connectivity index (χ0) is 15.4. The topological polar surface area (TPSA) is 61.2 Å². The van der Waals surface area contributed by atoms with E-state index in [-0.39, 0.29) is 11.5 Å². The van der Waals surface area contributed by atoms with Gasteiger partial charge in [-0.1, -0.05) is 20.8 Å². The molecule has 0 saturated heterocycles. The summed E-state index contributed by atoms with van der Waals surface area (Å²) in [7, 11) is 0. The molecule has 5 nitrogen and oxygen atoms in total. The summed E-state index contributed by atoms with van der Waals surface area (Å²) in [6.07, 6.45) is 3.59. The summed E-state index contributed by atoms with van der Waals surface area (Å²) in [5.74, 6) is -0.367. The van der Waals surface area contributed by atoms with Crippen molar-refractivity contribution in [2.24, 2.45) is 0 Å². The lowest BCUT2D eigenvalue weighted by Gasteiger charge is -2.16. The lowest BCUT2D eigenvalue weighted by Crippen LogP contribution is -2.31. The SMILES string of the molecule is CCCOC(=O)C(CC)n1cnc2sc(CC)cc2c1=O. The van der Waals surface area contributed by atoms with Gasteiger partial charge in [0.05, 0.1) is 18.3 Å². The summed E-state index contributed by atoms with van der Waals surface area (Å²) < 4.78 is 6.56. The van der Waals surface area contributed by atoms with Crippen molar-refractivity contribution >= 4 is 27.5 Å². The number of rotatable bonds is 6. The van der Waals surface area contributed by atoms with Crippen LogP contribution in [0.15, 0.2) is 17.2 Å². The minimum Gasteiger partial charge on any atom is -0.464 e. The van der Waals surface area contributed by atoms with Gasteiger partial charge in [0.2, 0.25) is 0 Å². The maximum absolute atomic E-state index is 12.6. The highest BCUT2D eigenvalue weighted by molar-refractivity contribution is 7.18. The van der Waals surface area contributed by atoms with Crippen LogP contribution in [0.3, 0.4) is 0 Å². The Kier molecular flexibility index (Phi) is 5.12. The average Bonchev–Trinajstić information content (AvgIpc) is 2.92. The first-order valence-electron chi connectivity index (χ1n) is 7.28. The summed E-state index contributed by atoms with van der Waals surface area (Å²) >= 11 is 1.52. The van der Waals surface area contributed by atoms with Crippen molar-refractivity contribution in [3.8, 4) is 0 Å². The van der Waals surface area contributed by atoms with Crippen LogP contribution in [0.1, 0.15) is 44.5 Å². The highest BCUT2D eigenvalue weighted by Gasteiger charge is 2.22. The molecule has 21 heavy (non-hydrogen) atoms. The Morgan fingerprint density at radius 2 is 2.19 bits per heavy atom. The van der Waals surface area contributed by atoms with Gasteiger partial charge in [0.1, 0.15) is 10.9 Å². The predicted molar refractivity (Wildman–Crippen MR) is 83.8 cm³/mol. The van der Waals surface area contributed by atoms with Crippen molar-refractivity contribution in [1.82, 2.24) is 9.55 Å². The molecule has 1 atom stereocenters. The Hall–Kier alpha value is -1.69. The first-order valence-corrected chi connectivity index (χ1v) is 8.10. The van der Waals surface area contributed by atoms with Crippen LogP contribution in [-0.4, -0.2) is 22.1 Å². The van der Waals surface area contributed by atoms with Gasteiger partial charge >= 0.3 is 5.97 Å². The summed E-state index contributed by atoms with van der Waals surface area (Å²) in [5.41, 5.74) is -0.170. The normalized spacial score (nSPS) is 12.5. The molecule has 2 aromatic heterocycles. The van der Waals surface area contributed by atoms with E-state index < -0.39 is 6.04 Å².